The first-order valence-electron chi connectivity index (χ1n) is 7.50. The second-order valence-electron chi connectivity index (χ2n) is 5.91. The number of halogens is 6. The van der Waals surface area contributed by atoms with Crippen molar-refractivity contribution < 1.29 is 26.3 Å². The number of hydrogen-bond acceptors (Lipinski definition) is 4. The Balaban J connectivity index is 2.42. The van der Waals surface area contributed by atoms with Crippen LogP contribution in [0.15, 0.2) is 30.3 Å². The maximum absolute atomic E-state index is 13.2. The van der Waals surface area contributed by atoms with Gasteiger partial charge in [0.05, 0.1) is 22.0 Å². The number of anilines is 2. The minimum atomic E-state index is -4.96. The van der Waals surface area contributed by atoms with Gasteiger partial charge in [-0.1, -0.05) is 6.07 Å². The van der Waals surface area contributed by atoms with Crippen molar-refractivity contribution >= 4 is 22.7 Å². The van der Waals surface area contributed by atoms with E-state index in [0.29, 0.717) is 17.7 Å². The molecule has 0 bridgehead atoms. The molecule has 3 rings (SSSR count). The summed E-state index contributed by atoms with van der Waals surface area (Å²) in [5.41, 5.74) is 8.93. The molecular formula is C17H12F6N4. The fourth-order valence-corrected chi connectivity index (χ4v) is 2.85. The van der Waals surface area contributed by atoms with Crippen LogP contribution in [0.2, 0.25) is 0 Å². The highest BCUT2D eigenvalue weighted by atomic mass is 19.4. The summed E-state index contributed by atoms with van der Waals surface area (Å²) in [6.45, 7) is 1.54. The van der Waals surface area contributed by atoms with Crippen LogP contribution < -0.4 is 11.5 Å². The number of benzene rings is 2. The van der Waals surface area contributed by atoms with E-state index in [4.69, 9.17) is 11.5 Å². The zero-order valence-corrected chi connectivity index (χ0v) is 13.7. The predicted octanol–water partition coefficient (Wildman–Crippen LogP) is 4.81. The average Bonchev–Trinajstić information content (AvgIpc) is 2.53. The summed E-state index contributed by atoms with van der Waals surface area (Å²) in [7, 11) is 0. The molecule has 1 aromatic heterocycles. The Morgan fingerprint density at radius 2 is 1.37 bits per heavy atom. The molecule has 0 radical (unpaired) electrons. The molecule has 0 aliphatic heterocycles. The van der Waals surface area contributed by atoms with Gasteiger partial charge in [0.15, 0.2) is 0 Å². The molecule has 0 amide bonds. The molecular weight excluding hydrogens is 374 g/mol. The summed E-state index contributed by atoms with van der Waals surface area (Å²) < 4.78 is 79.0. The molecule has 0 spiro atoms. The number of hydrogen-bond donors (Lipinski definition) is 2. The molecule has 27 heavy (non-hydrogen) atoms. The summed E-state index contributed by atoms with van der Waals surface area (Å²) in [4.78, 5) is 7.72. The van der Waals surface area contributed by atoms with Crippen LogP contribution in [0.5, 0.6) is 0 Å². The highest BCUT2D eigenvalue weighted by Crippen LogP contribution is 2.41. The quantitative estimate of drug-likeness (QED) is 0.589. The monoisotopic (exact) mass is 386 g/mol. The molecule has 0 saturated carbocycles. The summed E-state index contributed by atoms with van der Waals surface area (Å²) >= 11 is 0. The zero-order valence-electron chi connectivity index (χ0n) is 13.7. The van der Waals surface area contributed by atoms with Gasteiger partial charge in [-0.2, -0.15) is 31.3 Å². The third-order valence-electron chi connectivity index (χ3n) is 3.99. The van der Waals surface area contributed by atoms with Gasteiger partial charge in [-0.25, -0.2) is 4.98 Å². The molecule has 142 valence electrons. The van der Waals surface area contributed by atoms with Crippen molar-refractivity contribution in [2.75, 3.05) is 11.5 Å². The lowest BCUT2D eigenvalue weighted by Crippen LogP contribution is -2.11. The van der Waals surface area contributed by atoms with Crippen LogP contribution >= 0.6 is 0 Å². The van der Waals surface area contributed by atoms with Crippen molar-refractivity contribution in [3.8, 4) is 11.1 Å². The topological polar surface area (TPSA) is 77.8 Å². The van der Waals surface area contributed by atoms with Gasteiger partial charge in [-0.15, -0.1) is 0 Å². The SMILES string of the molecule is Cc1ccc2nc(N)nc(N)c2c1-c1cc(C(F)(F)F)cc(C(F)(F)F)c1. The molecule has 4 nitrogen and oxygen atoms in total. The lowest BCUT2D eigenvalue weighted by atomic mass is 9.93. The van der Waals surface area contributed by atoms with E-state index in [1.54, 1.807) is 0 Å². The van der Waals surface area contributed by atoms with Crippen LogP contribution in [-0.4, -0.2) is 9.97 Å². The molecule has 4 N–H and O–H groups in total. The first kappa shape index (κ1) is 18.7. The Morgan fingerprint density at radius 3 is 1.89 bits per heavy atom. The van der Waals surface area contributed by atoms with Gasteiger partial charge in [0.2, 0.25) is 5.95 Å². The first-order chi connectivity index (χ1) is 12.4. The molecule has 0 saturated heterocycles. The van der Waals surface area contributed by atoms with Crippen molar-refractivity contribution in [2.45, 2.75) is 19.3 Å². The second-order valence-corrected chi connectivity index (χ2v) is 5.91. The molecule has 2 aromatic carbocycles. The Labute approximate surface area is 148 Å². The van der Waals surface area contributed by atoms with Crippen molar-refractivity contribution in [1.29, 1.82) is 0 Å². The zero-order chi connectivity index (χ0) is 20.1. The Kier molecular flexibility index (Phi) is 4.16. The van der Waals surface area contributed by atoms with Crippen molar-refractivity contribution in [1.82, 2.24) is 9.97 Å². The molecule has 0 atom stereocenters. The van der Waals surface area contributed by atoms with Crippen molar-refractivity contribution in [3.05, 3.63) is 47.0 Å². The number of rotatable bonds is 1. The predicted molar refractivity (Wildman–Crippen MR) is 88.5 cm³/mol. The molecule has 0 aliphatic carbocycles. The Hall–Kier alpha value is -3.04. The number of fused-ring (bicyclic) bond motifs is 1. The maximum Gasteiger partial charge on any atom is 0.416 e. The average molecular weight is 386 g/mol. The van der Waals surface area contributed by atoms with E-state index in [9.17, 15) is 26.3 Å². The van der Waals surface area contributed by atoms with Crippen molar-refractivity contribution in [2.24, 2.45) is 0 Å². The van der Waals surface area contributed by atoms with Gasteiger partial charge < -0.3 is 11.5 Å². The second kappa shape index (κ2) is 6.00. The lowest BCUT2D eigenvalue weighted by molar-refractivity contribution is -0.143. The van der Waals surface area contributed by atoms with E-state index >= 15 is 0 Å². The molecule has 0 aliphatic rings. The number of nitrogens with zero attached hydrogens (tertiary/aromatic N) is 2. The smallest absolute Gasteiger partial charge is 0.383 e. The summed E-state index contributed by atoms with van der Waals surface area (Å²) in [6.07, 6.45) is -9.91. The van der Waals surface area contributed by atoms with Crippen LogP contribution in [-0.2, 0) is 12.4 Å². The number of nitrogens with two attached hydrogens (primary N) is 2. The minimum absolute atomic E-state index is 0.0712. The molecule has 0 fully saturated rings. The van der Waals surface area contributed by atoms with Gasteiger partial charge in [0, 0.05) is 0 Å². The van der Waals surface area contributed by atoms with E-state index in [1.165, 1.54) is 19.1 Å². The summed E-state index contributed by atoms with van der Waals surface area (Å²) in [5.74, 6) is -0.294. The first-order valence-corrected chi connectivity index (χ1v) is 7.50. The summed E-state index contributed by atoms with van der Waals surface area (Å²) in [6, 6.07) is 4.39. The van der Waals surface area contributed by atoms with E-state index in [0.717, 1.165) is 0 Å². The van der Waals surface area contributed by atoms with Crippen LogP contribution in [0.4, 0.5) is 38.1 Å². The van der Waals surface area contributed by atoms with E-state index in [1.807, 2.05) is 0 Å². The number of aryl methyl sites for hydroxylation is 1. The fourth-order valence-electron chi connectivity index (χ4n) is 2.85. The van der Waals surface area contributed by atoms with Crippen LogP contribution in [0, 0.1) is 6.92 Å². The van der Waals surface area contributed by atoms with Crippen LogP contribution in [0.1, 0.15) is 16.7 Å². The van der Waals surface area contributed by atoms with Gasteiger partial charge in [-0.3, -0.25) is 0 Å². The lowest BCUT2D eigenvalue weighted by Gasteiger charge is -2.17. The maximum atomic E-state index is 13.2. The van der Waals surface area contributed by atoms with Gasteiger partial charge in [0.25, 0.3) is 0 Å². The van der Waals surface area contributed by atoms with Gasteiger partial charge >= 0.3 is 12.4 Å². The normalized spacial score (nSPS) is 12.6. The number of aromatic nitrogens is 2. The number of nitrogen functional groups attached to an aromatic ring is 2. The fraction of sp³-hybridized carbons (Fsp3) is 0.176. The largest absolute Gasteiger partial charge is 0.416 e. The number of alkyl halides is 6. The molecule has 0 unspecified atom stereocenters. The van der Waals surface area contributed by atoms with Crippen LogP contribution in [0.3, 0.4) is 0 Å². The molecule has 1 heterocycles. The standard InChI is InChI=1S/C17H12F6N4/c1-7-2-3-11-13(14(24)27-15(25)26-11)12(7)8-4-9(16(18,19)20)6-10(5-8)17(21,22)23/h2-6H,1H3,(H4,24,25,26,27). The third kappa shape index (κ3) is 3.46. The van der Waals surface area contributed by atoms with Crippen LogP contribution in [0.25, 0.3) is 22.0 Å². The highest BCUT2D eigenvalue weighted by molar-refractivity contribution is 6.03. The summed E-state index contributed by atoms with van der Waals surface area (Å²) in [5, 5.41) is 0.136. The van der Waals surface area contributed by atoms with Crippen molar-refractivity contribution in [3.63, 3.8) is 0 Å². The minimum Gasteiger partial charge on any atom is -0.383 e. The Bertz CT molecular complexity index is 1010. The van der Waals surface area contributed by atoms with Gasteiger partial charge in [-0.05, 0) is 47.9 Å². The highest BCUT2D eigenvalue weighted by Gasteiger charge is 2.37. The Morgan fingerprint density at radius 1 is 0.815 bits per heavy atom. The third-order valence-corrected chi connectivity index (χ3v) is 3.99. The molecule has 10 heteroatoms. The van der Waals surface area contributed by atoms with E-state index in [-0.39, 0.29) is 39.9 Å². The van der Waals surface area contributed by atoms with E-state index < -0.39 is 23.5 Å². The van der Waals surface area contributed by atoms with Gasteiger partial charge in [0.1, 0.15) is 5.82 Å². The van der Waals surface area contributed by atoms with E-state index in [2.05, 4.69) is 9.97 Å². The molecule has 3 aromatic rings.